The molecule has 12 heteroatoms. The normalized spacial score (nSPS) is 22.0. The number of nitrogens with one attached hydrogen (secondary N) is 1. The van der Waals surface area contributed by atoms with Crippen molar-refractivity contribution < 1.29 is 32.5 Å². The van der Waals surface area contributed by atoms with Crippen LogP contribution in [-0.2, 0) is 25.4 Å². The standard InChI is InChI=1S/C30H31ClF2N4O5/c1-30(14-39-15-30)16-42-26-11-24-20(29(35-17-34-24)36-19-2-3-22(32)21(31)10-19)8-18(26)9-25(38)23(33)4-5-37-12-27-28(13-37)41-7-6-40-27/h2-4,8,10-11,17,27-28H,5-7,9,12-16H2,1H3,(H,34,35,36)/b23-4-/t27-,28-/m0/s1. The number of likely N-dealkylation sites (tertiary alicyclic amines) is 1. The Hall–Kier alpha value is -3.22. The highest BCUT2D eigenvalue weighted by Gasteiger charge is 2.36. The van der Waals surface area contributed by atoms with Crippen molar-refractivity contribution in [2.75, 3.05) is 58.0 Å². The fraction of sp³-hybridized carbons (Fsp3) is 0.433. The Morgan fingerprint density at radius 2 is 1.95 bits per heavy atom. The van der Waals surface area contributed by atoms with Crippen LogP contribution in [0.5, 0.6) is 5.75 Å². The number of anilines is 2. The minimum absolute atomic E-state index is 0.0258. The number of hydrogen-bond donors (Lipinski definition) is 1. The summed E-state index contributed by atoms with van der Waals surface area (Å²) in [5, 5.41) is 3.67. The van der Waals surface area contributed by atoms with Crippen LogP contribution in [0.3, 0.4) is 0 Å². The van der Waals surface area contributed by atoms with Crippen LogP contribution in [0.1, 0.15) is 12.5 Å². The molecule has 1 N–H and O–H groups in total. The molecule has 3 aliphatic rings. The second-order valence-corrected chi connectivity index (χ2v) is 11.6. The zero-order valence-electron chi connectivity index (χ0n) is 23.1. The van der Waals surface area contributed by atoms with Gasteiger partial charge in [-0.05, 0) is 30.3 Å². The number of nitrogens with zero attached hydrogens (tertiary/aromatic N) is 3. The van der Waals surface area contributed by atoms with Gasteiger partial charge in [-0.1, -0.05) is 18.5 Å². The molecule has 9 nitrogen and oxygen atoms in total. The van der Waals surface area contributed by atoms with E-state index in [1.807, 2.05) is 11.8 Å². The Morgan fingerprint density at radius 3 is 2.64 bits per heavy atom. The molecule has 0 spiro atoms. The molecule has 2 aromatic carbocycles. The number of benzene rings is 2. The lowest BCUT2D eigenvalue weighted by Crippen LogP contribution is -2.44. The molecular weight excluding hydrogens is 570 g/mol. The second-order valence-electron chi connectivity index (χ2n) is 11.2. The fourth-order valence-electron chi connectivity index (χ4n) is 5.26. The first kappa shape index (κ1) is 28.9. The van der Waals surface area contributed by atoms with Gasteiger partial charge in [0.05, 0.1) is 55.8 Å². The largest absolute Gasteiger partial charge is 0.492 e. The van der Waals surface area contributed by atoms with Gasteiger partial charge < -0.3 is 24.3 Å². The van der Waals surface area contributed by atoms with Crippen molar-refractivity contribution in [3.63, 3.8) is 0 Å². The maximum atomic E-state index is 15.1. The molecule has 0 saturated carbocycles. The van der Waals surface area contributed by atoms with Crippen LogP contribution in [0.2, 0.25) is 5.02 Å². The van der Waals surface area contributed by atoms with Crippen LogP contribution in [0.25, 0.3) is 10.9 Å². The molecule has 3 saturated heterocycles. The van der Waals surface area contributed by atoms with Gasteiger partial charge in [0, 0.05) is 54.2 Å². The number of ether oxygens (including phenoxy) is 4. The Labute approximate surface area is 246 Å². The van der Waals surface area contributed by atoms with Gasteiger partial charge in [-0.2, -0.15) is 0 Å². The molecule has 0 aliphatic carbocycles. The molecule has 0 bridgehead atoms. The lowest BCUT2D eigenvalue weighted by Gasteiger charge is -2.37. The van der Waals surface area contributed by atoms with Crippen LogP contribution in [0, 0.1) is 11.2 Å². The fourth-order valence-corrected chi connectivity index (χ4v) is 5.45. The van der Waals surface area contributed by atoms with Gasteiger partial charge in [-0.3, -0.25) is 9.69 Å². The third-order valence-corrected chi connectivity index (χ3v) is 7.95. The van der Waals surface area contributed by atoms with Crippen molar-refractivity contribution in [1.29, 1.82) is 0 Å². The molecule has 0 radical (unpaired) electrons. The highest BCUT2D eigenvalue weighted by molar-refractivity contribution is 6.31. The van der Waals surface area contributed by atoms with Crippen LogP contribution < -0.4 is 10.1 Å². The quantitative estimate of drug-likeness (QED) is 0.334. The maximum absolute atomic E-state index is 15.1. The predicted octanol–water partition coefficient (Wildman–Crippen LogP) is 4.65. The number of halogens is 3. The number of hydrogen-bond acceptors (Lipinski definition) is 9. The second kappa shape index (κ2) is 12.2. The van der Waals surface area contributed by atoms with Crippen molar-refractivity contribution in [3.05, 3.63) is 65.0 Å². The summed E-state index contributed by atoms with van der Waals surface area (Å²) in [6.07, 6.45) is 2.42. The van der Waals surface area contributed by atoms with Crippen molar-refractivity contribution >= 4 is 39.8 Å². The topological polar surface area (TPSA) is 95.0 Å². The zero-order valence-corrected chi connectivity index (χ0v) is 23.8. The van der Waals surface area contributed by atoms with Crippen LogP contribution >= 0.6 is 11.6 Å². The zero-order chi connectivity index (χ0) is 29.3. The summed E-state index contributed by atoms with van der Waals surface area (Å²) in [6.45, 7) is 6.19. The number of allylic oxidation sites excluding steroid dienone is 1. The first-order valence-electron chi connectivity index (χ1n) is 13.8. The first-order chi connectivity index (χ1) is 20.3. The molecule has 1 aromatic heterocycles. The Kier molecular flexibility index (Phi) is 8.37. The number of fused-ring (bicyclic) bond motifs is 2. The Balaban J connectivity index is 1.24. The van der Waals surface area contributed by atoms with Crippen LogP contribution in [0.4, 0.5) is 20.3 Å². The molecule has 3 fully saturated rings. The summed E-state index contributed by atoms with van der Waals surface area (Å²) in [7, 11) is 0. The molecular formula is C30H31ClF2N4O5. The summed E-state index contributed by atoms with van der Waals surface area (Å²) in [4.78, 5) is 23.8. The van der Waals surface area contributed by atoms with E-state index in [1.54, 1.807) is 12.1 Å². The van der Waals surface area contributed by atoms with Crippen molar-refractivity contribution in [2.45, 2.75) is 25.6 Å². The monoisotopic (exact) mass is 600 g/mol. The third kappa shape index (κ3) is 6.40. The van der Waals surface area contributed by atoms with Crippen molar-refractivity contribution in [1.82, 2.24) is 14.9 Å². The van der Waals surface area contributed by atoms with E-state index in [4.69, 9.17) is 30.5 Å². The minimum atomic E-state index is -0.819. The molecule has 3 aromatic rings. The van der Waals surface area contributed by atoms with E-state index in [-0.39, 0.29) is 35.6 Å². The predicted molar refractivity (Wildman–Crippen MR) is 152 cm³/mol. The number of ketones is 1. The van der Waals surface area contributed by atoms with Crippen molar-refractivity contribution in [3.8, 4) is 5.75 Å². The number of rotatable bonds is 10. The lowest BCUT2D eigenvalue weighted by molar-refractivity contribution is -0.120. The van der Waals surface area contributed by atoms with Gasteiger partial charge in [-0.25, -0.2) is 18.7 Å². The van der Waals surface area contributed by atoms with E-state index in [0.717, 1.165) is 0 Å². The Morgan fingerprint density at radius 1 is 1.19 bits per heavy atom. The average molecular weight is 601 g/mol. The van der Waals surface area contributed by atoms with E-state index < -0.39 is 17.4 Å². The third-order valence-electron chi connectivity index (χ3n) is 7.66. The van der Waals surface area contributed by atoms with Gasteiger partial charge >= 0.3 is 0 Å². The highest BCUT2D eigenvalue weighted by atomic mass is 35.5. The maximum Gasteiger partial charge on any atom is 0.195 e. The van der Waals surface area contributed by atoms with E-state index in [1.165, 1.54) is 30.6 Å². The smallest absolute Gasteiger partial charge is 0.195 e. The summed E-state index contributed by atoms with van der Waals surface area (Å²) >= 11 is 5.95. The van der Waals surface area contributed by atoms with E-state index >= 15 is 4.39 Å². The number of carbonyl (C=O) groups excluding carboxylic acids is 1. The molecule has 4 heterocycles. The molecule has 3 aliphatic heterocycles. The van der Waals surface area contributed by atoms with Crippen molar-refractivity contribution in [2.24, 2.45) is 5.41 Å². The van der Waals surface area contributed by atoms with E-state index in [9.17, 15) is 9.18 Å². The number of Topliss-reactive ketones (excluding diaryl/α,β-unsaturated/α-hetero) is 1. The van der Waals surface area contributed by atoms with E-state index in [2.05, 4.69) is 15.3 Å². The number of carbonyl (C=O) groups is 1. The summed E-state index contributed by atoms with van der Waals surface area (Å²) in [6, 6.07) is 7.68. The Bertz CT molecular complexity index is 1500. The molecule has 0 unspecified atom stereocenters. The molecule has 222 valence electrons. The molecule has 42 heavy (non-hydrogen) atoms. The lowest BCUT2D eigenvalue weighted by atomic mass is 9.90. The molecule has 6 rings (SSSR count). The number of aromatic nitrogens is 2. The summed E-state index contributed by atoms with van der Waals surface area (Å²) in [5.74, 6) is -1.18. The van der Waals surface area contributed by atoms with Gasteiger partial charge in [-0.15, -0.1) is 0 Å². The molecule has 0 amide bonds. The van der Waals surface area contributed by atoms with Crippen LogP contribution in [-0.4, -0.2) is 85.5 Å². The van der Waals surface area contributed by atoms with Gasteiger partial charge in [0.15, 0.2) is 11.6 Å². The average Bonchev–Trinajstić information content (AvgIpc) is 3.39. The first-order valence-corrected chi connectivity index (χ1v) is 14.2. The van der Waals surface area contributed by atoms with Gasteiger partial charge in [0.2, 0.25) is 0 Å². The van der Waals surface area contributed by atoms with Gasteiger partial charge in [0.1, 0.15) is 23.7 Å². The SMILES string of the molecule is CC1(COc2cc3ncnc(Nc4ccc(F)c(Cl)c4)c3cc2CC(=O)/C(F)=C/CN2C[C@@H]3OCCO[C@H]3C2)COC1. The molecule has 2 atom stereocenters. The minimum Gasteiger partial charge on any atom is -0.492 e. The van der Waals surface area contributed by atoms with Gasteiger partial charge in [0.25, 0.3) is 0 Å². The highest BCUT2D eigenvalue weighted by Crippen LogP contribution is 2.34. The van der Waals surface area contributed by atoms with E-state index in [0.29, 0.717) is 79.8 Å². The summed E-state index contributed by atoms with van der Waals surface area (Å²) in [5.41, 5.74) is 1.41. The van der Waals surface area contributed by atoms with Crippen LogP contribution in [0.15, 0.2) is 48.6 Å². The summed E-state index contributed by atoms with van der Waals surface area (Å²) < 4.78 is 51.7.